The van der Waals surface area contributed by atoms with Gasteiger partial charge in [-0.15, -0.1) is 0 Å². The summed E-state index contributed by atoms with van der Waals surface area (Å²) in [7, 11) is 0. The van der Waals surface area contributed by atoms with Crippen molar-refractivity contribution in [2.24, 2.45) is 0 Å². The zero-order valence-corrected chi connectivity index (χ0v) is 29.5. The standard InChI is InChI=1S/C50H29N5/c51-30-34-24-28-48-49(50(34)55-45-18-8-3-13-39(45)40-14-4-9-19-46(40)55)41-15-5-10-20-47(41)54(48)42-27-23-33(29-35(42)31-52)32-21-25-36(26-22-32)53-43-16-6-1-11-37(43)38-12-2-7-17-44(38)53/h1-29H. The van der Waals surface area contributed by atoms with Gasteiger partial charge in [-0.2, -0.15) is 10.5 Å². The van der Waals surface area contributed by atoms with Crippen molar-refractivity contribution in [3.63, 3.8) is 0 Å². The fourth-order valence-corrected chi connectivity index (χ4v) is 8.79. The molecular formula is C50H29N5. The average molecular weight is 700 g/mol. The van der Waals surface area contributed by atoms with Gasteiger partial charge in [-0.05, 0) is 77.9 Å². The molecule has 55 heavy (non-hydrogen) atoms. The van der Waals surface area contributed by atoms with Crippen LogP contribution in [0.25, 0.3) is 93.6 Å². The fraction of sp³-hybridized carbons (Fsp3) is 0. The molecule has 0 saturated carbocycles. The largest absolute Gasteiger partial charge is 0.309 e. The van der Waals surface area contributed by atoms with E-state index in [1.54, 1.807) is 0 Å². The first-order chi connectivity index (χ1) is 27.2. The number of rotatable bonds is 4. The maximum atomic E-state index is 10.7. The Bertz CT molecular complexity index is 3350. The van der Waals surface area contributed by atoms with E-state index in [-0.39, 0.29) is 0 Å². The van der Waals surface area contributed by atoms with Gasteiger partial charge in [0.1, 0.15) is 12.1 Å². The molecule has 3 heterocycles. The molecular weight excluding hydrogens is 671 g/mol. The molecule has 8 aromatic carbocycles. The number of nitriles is 2. The molecule has 0 amide bonds. The van der Waals surface area contributed by atoms with Crippen molar-refractivity contribution in [1.29, 1.82) is 10.5 Å². The lowest BCUT2D eigenvalue weighted by molar-refractivity contribution is 1.16. The van der Waals surface area contributed by atoms with Crippen LogP contribution >= 0.6 is 0 Å². The van der Waals surface area contributed by atoms with Gasteiger partial charge in [-0.1, -0.05) is 109 Å². The van der Waals surface area contributed by atoms with Gasteiger partial charge in [-0.3, -0.25) is 0 Å². The first-order valence-corrected chi connectivity index (χ1v) is 18.3. The lowest BCUT2D eigenvalue weighted by atomic mass is 10.0. The summed E-state index contributed by atoms with van der Waals surface area (Å²) in [5.41, 5.74) is 12.2. The molecule has 3 aromatic heterocycles. The van der Waals surface area contributed by atoms with Gasteiger partial charge in [0.2, 0.25) is 0 Å². The van der Waals surface area contributed by atoms with E-state index in [0.29, 0.717) is 11.1 Å². The zero-order valence-electron chi connectivity index (χ0n) is 29.5. The quantitative estimate of drug-likeness (QED) is 0.184. The van der Waals surface area contributed by atoms with E-state index in [2.05, 4.69) is 159 Å². The number of aromatic nitrogens is 3. The highest BCUT2D eigenvalue weighted by molar-refractivity contribution is 6.17. The number of para-hydroxylation sites is 5. The first-order valence-electron chi connectivity index (χ1n) is 18.3. The Balaban J connectivity index is 1.09. The summed E-state index contributed by atoms with van der Waals surface area (Å²) in [4.78, 5) is 0. The first kappa shape index (κ1) is 30.7. The number of nitrogens with zero attached hydrogens (tertiary/aromatic N) is 5. The highest BCUT2D eigenvalue weighted by Crippen LogP contribution is 2.42. The SMILES string of the molecule is N#Cc1cc(-c2ccc(-n3c4ccccc4c4ccccc43)cc2)ccc1-n1c2ccccc2c2c(-n3c4ccccc4c4ccccc43)c(C#N)ccc21. The minimum Gasteiger partial charge on any atom is -0.309 e. The highest BCUT2D eigenvalue weighted by Gasteiger charge is 2.23. The van der Waals surface area contributed by atoms with Crippen LogP contribution in [0.2, 0.25) is 0 Å². The Labute approximate surface area is 316 Å². The normalized spacial score (nSPS) is 11.6. The third-order valence-electron chi connectivity index (χ3n) is 11.1. The Kier molecular flexibility index (Phi) is 6.61. The smallest absolute Gasteiger partial charge is 0.101 e. The Morgan fingerprint density at radius 1 is 0.345 bits per heavy atom. The van der Waals surface area contributed by atoms with Crippen molar-refractivity contribution in [2.45, 2.75) is 0 Å². The second kappa shape index (κ2) is 11.8. The van der Waals surface area contributed by atoms with E-state index in [1.165, 1.54) is 21.8 Å². The number of hydrogen-bond acceptors (Lipinski definition) is 2. The van der Waals surface area contributed by atoms with Crippen LogP contribution in [0.15, 0.2) is 176 Å². The second-order valence-corrected chi connectivity index (χ2v) is 14.0. The summed E-state index contributed by atoms with van der Waals surface area (Å²) < 4.78 is 6.72. The van der Waals surface area contributed by atoms with Gasteiger partial charge in [0.25, 0.3) is 0 Å². The molecule has 0 aliphatic heterocycles. The van der Waals surface area contributed by atoms with E-state index in [0.717, 1.165) is 71.8 Å². The Morgan fingerprint density at radius 2 is 0.800 bits per heavy atom. The van der Waals surface area contributed by atoms with Crippen molar-refractivity contribution in [2.75, 3.05) is 0 Å². The molecule has 0 spiro atoms. The van der Waals surface area contributed by atoms with Crippen LogP contribution in [0.4, 0.5) is 0 Å². The third-order valence-corrected chi connectivity index (χ3v) is 11.1. The summed E-state index contributed by atoms with van der Waals surface area (Å²) in [5.74, 6) is 0. The molecule has 254 valence electrons. The molecule has 0 atom stereocenters. The molecule has 5 heteroatoms. The van der Waals surface area contributed by atoms with Crippen molar-refractivity contribution < 1.29 is 0 Å². The van der Waals surface area contributed by atoms with E-state index in [4.69, 9.17) is 0 Å². The molecule has 0 N–H and O–H groups in total. The average Bonchev–Trinajstić information content (AvgIpc) is 3.89. The predicted molar refractivity (Wildman–Crippen MR) is 224 cm³/mol. The number of fused-ring (bicyclic) bond motifs is 9. The molecule has 0 radical (unpaired) electrons. The van der Waals surface area contributed by atoms with Crippen molar-refractivity contribution >= 4 is 65.4 Å². The van der Waals surface area contributed by atoms with Crippen LogP contribution in [0, 0.1) is 22.7 Å². The molecule has 5 nitrogen and oxygen atoms in total. The van der Waals surface area contributed by atoms with Crippen LogP contribution in [-0.2, 0) is 0 Å². The zero-order chi connectivity index (χ0) is 36.6. The van der Waals surface area contributed by atoms with Gasteiger partial charge < -0.3 is 13.7 Å². The minimum atomic E-state index is 0.564. The fourth-order valence-electron chi connectivity index (χ4n) is 8.79. The van der Waals surface area contributed by atoms with Crippen molar-refractivity contribution in [3.8, 4) is 40.3 Å². The summed E-state index contributed by atoms with van der Waals surface area (Å²) in [6.07, 6.45) is 0. The molecule has 0 aliphatic carbocycles. The lowest BCUT2D eigenvalue weighted by Gasteiger charge is -2.14. The molecule has 0 unspecified atom stereocenters. The summed E-state index contributed by atoms with van der Waals surface area (Å²) >= 11 is 0. The minimum absolute atomic E-state index is 0.564. The van der Waals surface area contributed by atoms with Crippen molar-refractivity contribution in [3.05, 3.63) is 187 Å². The van der Waals surface area contributed by atoms with Crippen LogP contribution < -0.4 is 0 Å². The van der Waals surface area contributed by atoms with E-state index < -0.39 is 0 Å². The monoisotopic (exact) mass is 699 g/mol. The molecule has 0 saturated heterocycles. The number of hydrogen-bond donors (Lipinski definition) is 0. The van der Waals surface area contributed by atoms with Crippen LogP contribution in [0.1, 0.15) is 11.1 Å². The van der Waals surface area contributed by atoms with Gasteiger partial charge in [0.05, 0.1) is 55.6 Å². The maximum absolute atomic E-state index is 10.7. The summed E-state index contributed by atoms with van der Waals surface area (Å²) in [5, 5.41) is 28.0. The van der Waals surface area contributed by atoms with E-state index in [9.17, 15) is 10.5 Å². The summed E-state index contributed by atoms with van der Waals surface area (Å²) in [6, 6.07) is 65.8. The molecule has 0 aliphatic rings. The number of benzene rings is 8. The molecule has 11 aromatic rings. The summed E-state index contributed by atoms with van der Waals surface area (Å²) in [6.45, 7) is 0. The molecule has 0 bridgehead atoms. The molecule has 0 fully saturated rings. The van der Waals surface area contributed by atoms with Gasteiger partial charge >= 0.3 is 0 Å². The highest BCUT2D eigenvalue weighted by atomic mass is 15.0. The third kappa shape index (κ3) is 4.39. The van der Waals surface area contributed by atoms with Gasteiger partial charge in [-0.25, -0.2) is 0 Å². The second-order valence-electron chi connectivity index (χ2n) is 14.0. The van der Waals surface area contributed by atoms with Crippen LogP contribution in [-0.4, -0.2) is 13.7 Å². The topological polar surface area (TPSA) is 62.4 Å². The Morgan fingerprint density at radius 3 is 1.33 bits per heavy atom. The van der Waals surface area contributed by atoms with Gasteiger partial charge in [0, 0.05) is 38.0 Å². The predicted octanol–water partition coefficient (Wildman–Crippen LogP) is 12.4. The van der Waals surface area contributed by atoms with E-state index in [1.807, 2.05) is 42.5 Å². The van der Waals surface area contributed by atoms with Crippen LogP contribution in [0.5, 0.6) is 0 Å². The maximum Gasteiger partial charge on any atom is 0.101 e. The Hall–Kier alpha value is -7.86. The van der Waals surface area contributed by atoms with Crippen LogP contribution in [0.3, 0.4) is 0 Å². The van der Waals surface area contributed by atoms with E-state index >= 15 is 0 Å². The molecule has 11 rings (SSSR count). The van der Waals surface area contributed by atoms with Gasteiger partial charge in [0.15, 0.2) is 0 Å². The van der Waals surface area contributed by atoms with Crippen molar-refractivity contribution in [1.82, 2.24) is 13.7 Å². The lowest BCUT2D eigenvalue weighted by Crippen LogP contribution is -2.01.